The van der Waals surface area contributed by atoms with Crippen molar-refractivity contribution in [1.29, 1.82) is 0 Å². The maximum atomic E-state index is 12.6. The number of likely N-dealkylation sites (tertiary alicyclic amines) is 1. The molecule has 1 amide bonds. The normalized spacial score (nSPS) is 16.1. The van der Waals surface area contributed by atoms with Crippen LogP contribution < -0.4 is 4.72 Å². The van der Waals surface area contributed by atoms with Gasteiger partial charge in [-0.2, -0.15) is 0 Å². The van der Waals surface area contributed by atoms with E-state index in [1.54, 1.807) is 5.38 Å². The summed E-state index contributed by atoms with van der Waals surface area (Å²) in [6.45, 7) is 1.79. The minimum atomic E-state index is -3.58. The SMILES string of the molecule is O=C(c1csc(S(=O)(=O)NCc2cccs2)c1)N1CCCCCC1. The van der Waals surface area contributed by atoms with Gasteiger partial charge in [-0.3, -0.25) is 4.79 Å². The zero-order valence-corrected chi connectivity index (χ0v) is 15.7. The molecule has 5 nitrogen and oxygen atoms in total. The van der Waals surface area contributed by atoms with Crippen molar-refractivity contribution in [1.82, 2.24) is 9.62 Å². The van der Waals surface area contributed by atoms with Gasteiger partial charge in [0.05, 0.1) is 5.56 Å². The van der Waals surface area contributed by atoms with Gasteiger partial charge < -0.3 is 4.90 Å². The molecule has 1 fully saturated rings. The monoisotopic (exact) mass is 384 g/mol. The molecular weight excluding hydrogens is 364 g/mol. The minimum absolute atomic E-state index is 0.0622. The van der Waals surface area contributed by atoms with Crippen molar-refractivity contribution in [3.63, 3.8) is 0 Å². The lowest BCUT2D eigenvalue weighted by molar-refractivity contribution is 0.0762. The van der Waals surface area contributed by atoms with Crippen molar-refractivity contribution in [2.24, 2.45) is 0 Å². The molecule has 3 rings (SSSR count). The standard InChI is InChI=1S/C16H20N2O3S3/c19-16(18-7-3-1-2-4-8-18)13-10-15(23-12-13)24(20,21)17-11-14-6-5-9-22-14/h5-6,9-10,12,17H,1-4,7-8,11H2. The third-order valence-corrected chi connectivity index (χ3v) is 7.71. The van der Waals surface area contributed by atoms with Gasteiger partial charge in [0.25, 0.3) is 5.91 Å². The first kappa shape index (κ1) is 17.6. The number of amides is 1. The lowest BCUT2D eigenvalue weighted by Crippen LogP contribution is -2.31. The number of rotatable bonds is 5. The highest BCUT2D eigenvalue weighted by atomic mass is 32.2. The highest BCUT2D eigenvalue weighted by Gasteiger charge is 2.22. The van der Waals surface area contributed by atoms with Crippen molar-refractivity contribution in [3.8, 4) is 0 Å². The van der Waals surface area contributed by atoms with Crippen LogP contribution in [0, 0.1) is 0 Å². The summed E-state index contributed by atoms with van der Waals surface area (Å²) in [4.78, 5) is 15.3. The average Bonchev–Trinajstić information content (AvgIpc) is 3.20. The van der Waals surface area contributed by atoms with Crippen molar-refractivity contribution in [3.05, 3.63) is 39.4 Å². The molecule has 3 heterocycles. The summed E-state index contributed by atoms with van der Waals surface area (Å²) in [5, 5.41) is 3.56. The summed E-state index contributed by atoms with van der Waals surface area (Å²) >= 11 is 2.60. The van der Waals surface area contributed by atoms with Gasteiger partial charge in [0.1, 0.15) is 4.21 Å². The molecule has 0 spiro atoms. The molecule has 0 atom stereocenters. The summed E-state index contributed by atoms with van der Waals surface area (Å²) < 4.78 is 27.5. The highest BCUT2D eigenvalue weighted by molar-refractivity contribution is 7.91. The number of nitrogens with zero attached hydrogens (tertiary/aromatic N) is 1. The molecule has 0 aromatic carbocycles. The zero-order chi connectivity index (χ0) is 17.0. The Balaban J connectivity index is 1.68. The van der Waals surface area contributed by atoms with Crippen LogP contribution in [0.25, 0.3) is 0 Å². The molecule has 24 heavy (non-hydrogen) atoms. The van der Waals surface area contributed by atoms with Gasteiger partial charge in [-0.15, -0.1) is 22.7 Å². The Labute approximate surface area is 150 Å². The average molecular weight is 385 g/mol. The van der Waals surface area contributed by atoms with Crippen molar-refractivity contribution < 1.29 is 13.2 Å². The van der Waals surface area contributed by atoms with Crippen molar-refractivity contribution in [2.75, 3.05) is 13.1 Å². The summed E-state index contributed by atoms with van der Waals surface area (Å²) in [6.07, 6.45) is 4.34. The molecule has 1 aliphatic heterocycles. The van der Waals surface area contributed by atoms with Gasteiger partial charge in [0.2, 0.25) is 10.0 Å². The Morgan fingerprint density at radius 1 is 1.17 bits per heavy atom. The van der Waals surface area contributed by atoms with Crippen molar-refractivity contribution in [2.45, 2.75) is 36.4 Å². The summed E-state index contributed by atoms with van der Waals surface area (Å²) in [6, 6.07) is 5.27. The van der Waals surface area contributed by atoms with Crippen LogP contribution >= 0.6 is 22.7 Å². The van der Waals surface area contributed by atoms with E-state index in [1.165, 1.54) is 17.4 Å². The van der Waals surface area contributed by atoms with Crippen LogP contribution in [0.5, 0.6) is 0 Å². The first-order valence-corrected chi connectivity index (χ1v) is 11.2. The Morgan fingerprint density at radius 3 is 2.58 bits per heavy atom. The number of thiophene rings is 2. The van der Waals surface area contributed by atoms with Crippen molar-refractivity contribution >= 4 is 38.6 Å². The Morgan fingerprint density at radius 2 is 1.92 bits per heavy atom. The van der Waals surface area contributed by atoms with Gasteiger partial charge in [-0.05, 0) is 30.4 Å². The molecule has 0 bridgehead atoms. The molecule has 0 aliphatic carbocycles. The van der Waals surface area contributed by atoms with Gasteiger partial charge in [0.15, 0.2) is 0 Å². The first-order valence-electron chi connectivity index (χ1n) is 7.96. The molecule has 2 aromatic heterocycles. The van der Waals surface area contributed by atoms with Crippen LogP contribution in [0.1, 0.15) is 40.9 Å². The van der Waals surface area contributed by atoms with Crippen LogP contribution in [0.3, 0.4) is 0 Å². The predicted octanol–water partition coefficient (Wildman–Crippen LogP) is 3.30. The van der Waals surface area contributed by atoms with E-state index >= 15 is 0 Å². The topological polar surface area (TPSA) is 66.5 Å². The number of hydrogen-bond donors (Lipinski definition) is 1. The number of carbonyl (C=O) groups is 1. The molecular formula is C16H20N2O3S3. The molecule has 130 valence electrons. The summed E-state index contributed by atoms with van der Waals surface area (Å²) in [5.41, 5.74) is 0.471. The Hall–Kier alpha value is -1.22. The maximum Gasteiger partial charge on any atom is 0.254 e. The van der Waals surface area contributed by atoms with E-state index in [2.05, 4.69) is 4.72 Å². The van der Waals surface area contributed by atoms with Gasteiger partial charge >= 0.3 is 0 Å². The van der Waals surface area contributed by atoms with E-state index in [0.29, 0.717) is 5.56 Å². The fourth-order valence-corrected chi connectivity index (χ4v) is 5.62. The largest absolute Gasteiger partial charge is 0.339 e. The molecule has 8 heteroatoms. The quantitative estimate of drug-likeness (QED) is 0.860. The van der Waals surface area contributed by atoms with Crippen LogP contribution in [0.15, 0.2) is 33.2 Å². The lowest BCUT2D eigenvalue weighted by atomic mass is 10.2. The first-order chi connectivity index (χ1) is 11.6. The Bertz CT molecular complexity index is 773. The summed E-state index contributed by atoms with van der Waals surface area (Å²) in [7, 11) is -3.58. The second kappa shape index (κ2) is 7.77. The van der Waals surface area contributed by atoms with E-state index in [1.807, 2.05) is 22.4 Å². The smallest absolute Gasteiger partial charge is 0.254 e. The fraction of sp³-hybridized carbons (Fsp3) is 0.438. The second-order valence-corrected chi connectivity index (χ2v) is 9.70. The van der Waals surface area contributed by atoms with E-state index in [9.17, 15) is 13.2 Å². The molecule has 1 N–H and O–H groups in total. The van der Waals surface area contributed by atoms with Crippen LogP contribution in [0.2, 0.25) is 0 Å². The van der Waals surface area contributed by atoms with Crippen LogP contribution in [0.4, 0.5) is 0 Å². The molecule has 2 aromatic rings. The van der Waals surface area contributed by atoms with E-state index in [0.717, 1.165) is 55.0 Å². The molecule has 0 saturated carbocycles. The van der Waals surface area contributed by atoms with E-state index < -0.39 is 10.0 Å². The van der Waals surface area contributed by atoms with Crippen LogP contribution in [-0.4, -0.2) is 32.3 Å². The van der Waals surface area contributed by atoms with Gasteiger partial charge in [0, 0.05) is 29.9 Å². The second-order valence-electron chi connectivity index (χ2n) is 5.76. The van der Waals surface area contributed by atoms with Gasteiger partial charge in [-0.25, -0.2) is 13.1 Å². The predicted molar refractivity (Wildman–Crippen MR) is 97.0 cm³/mol. The van der Waals surface area contributed by atoms with Gasteiger partial charge in [-0.1, -0.05) is 18.9 Å². The minimum Gasteiger partial charge on any atom is -0.339 e. The number of nitrogens with one attached hydrogen (secondary N) is 1. The molecule has 1 saturated heterocycles. The molecule has 0 unspecified atom stereocenters. The molecule has 1 aliphatic rings. The third-order valence-electron chi connectivity index (χ3n) is 4.00. The molecule has 0 radical (unpaired) electrons. The highest BCUT2D eigenvalue weighted by Crippen LogP contribution is 2.23. The fourth-order valence-electron chi connectivity index (χ4n) is 2.68. The Kier molecular flexibility index (Phi) is 5.70. The number of carbonyl (C=O) groups excluding carboxylic acids is 1. The van der Waals surface area contributed by atoms with Crippen LogP contribution in [-0.2, 0) is 16.6 Å². The third kappa shape index (κ3) is 4.24. The number of hydrogen-bond acceptors (Lipinski definition) is 5. The van der Waals surface area contributed by atoms with E-state index in [4.69, 9.17) is 0 Å². The lowest BCUT2D eigenvalue weighted by Gasteiger charge is -2.19. The maximum absolute atomic E-state index is 12.6. The number of sulfonamides is 1. The van der Waals surface area contributed by atoms with E-state index in [-0.39, 0.29) is 16.7 Å². The zero-order valence-electron chi connectivity index (χ0n) is 13.2. The summed E-state index contributed by atoms with van der Waals surface area (Å²) in [5.74, 6) is -0.0622.